The fraction of sp³-hybridized carbons (Fsp3) is 0.133. The second-order valence-corrected chi connectivity index (χ2v) is 8.69. The molecule has 1 nitrogen and oxygen atoms in total. The Morgan fingerprint density at radius 2 is 1.03 bits per heavy atom. The van der Waals surface area contributed by atoms with Crippen molar-refractivity contribution in [2.24, 2.45) is 0 Å². The van der Waals surface area contributed by atoms with Crippen LogP contribution in [0.5, 0.6) is 0 Å². The number of para-hydroxylation sites is 3. The van der Waals surface area contributed by atoms with E-state index in [1.165, 1.54) is 33.5 Å². The Bertz CT molecular complexity index is 1210. The van der Waals surface area contributed by atoms with E-state index in [-0.39, 0.29) is 5.41 Å². The lowest BCUT2D eigenvalue weighted by atomic mass is 9.77. The SMILES string of the molecule is CC1=C(c2ccccc2N(c2ccccc2)c2ccccc2)C(C)(C)c2ccccc21. The summed E-state index contributed by atoms with van der Waals surface area (Å²) in [5.41, 5.74) is 10.3. The molecule has 0 saturated carbocycles. The van der Waals surface area contributed by atoms with Gasteiger partial charge in [0.25, 0.3) is 0 Å². The van der Waals surface area contributed by atoms with Crippen LogP contribution in [-0.2, 0) is 5.41 Å². The molecule has 31 heavy (non-hydrogen) atoms. The van der Waals surface area contributed by atoms with Gasteiger partial charge in [0.15, 0.2) is 0 Å². The number of benzene rings is 4. The first-order chi connectivity index (χ1) is 15.1. The molecule has 1 heteroatoms. The average molecular weight is 402 g/mol. The summed E-state index contributed by atoms with van der Waals surface area (Å²) >= 11 is 0. The summed E-state index contributed by atoms with van der Waals surface area (Å²) < 4.78 is 0. The maximum Gasteiger partial charge on any atom is 0.0537 e. The fourth-order valence-electron chi connectivity index (χ4n) is 5.09. The van der Waals surface area contributed by atoms with E-state index in [4.69, 9.17) is 0 Å². The minimum atomic E-state index is -0.0597. The van der Waals surface area contributed by atoms with E-state index in [0.717, 1.165) is 11.4 Å². The van der Waals surface area contributed by atoms with E-state index in [0.29, 0.717) is 0 Å². The van der Waals surface area contributed by atoms with Crippen molar-refractivity contribution in [2.75, 3.05) is 4.90 Å². The van der Waals surface area contributed by atoms with Gasteiger partial charge in [0, 0.05) is 22.4 Å². The summed E-state index contributed by atoms with van der Waals surface area (Å²) in [5, 5.41) is 0. The highest BCUT2D eigenvalue weighted by Crippen LogP contribution is 2.53. The number of allylic oxidation sites excluding steroid dienone is 2. The maximum atomic E-state index is 2.37. The molecule has 1 aliphatic rings. The Morgan fingerprint density at radius 1 is 0.548 bits per heavy atom. The standard InChI is InChI=1S/C30H27N/c1-22-25-18-10-12-20-27(25)30(2,3)29(22)26-19-11-13-21-28(26)31(23-14-6-4-7-15-23)24-16-8-5-9-17-24/h4-21H,1-3H3. The highest BCUT2D eigenvalue weighted by molar-refractivity contribution is 6.04. The van der Waals surface area contributed by atoms with Crippen LogP contribution in [-0.4, -0.2) is 0 Å². The van der Waals surface area contributed by atoms with Gasteiger partial charge < -0.3 is 4.90 Å². The quantitative estimate of drug-likeness (QED) is 0.332. The zero-order valence-electron chi connectivity index (χ0n) is 18.3. The molecule has 4 aromatic carbocycles. The molecule has 1 aliphatic carbocycles. The van der Waals surface area contributed by atoms with Crippen LogP contribution in [0.4, 0.5) is 17.1 Å². The van der Waals surface area contributed by atoms with Gasteiger partial charge in [-0.05, 0) is 59.5 Å². The van der Waals surface area contributed by atoms with Gasteiger partial charge in [-0.1, -0.05) is 92.7 Å². The Hall–Kier alpha value is -3.58. The molecule has 0 radical (unpaired) electrons. The predicted molar refractivity (Wildman–Crippen MR) is 133 cm³/mol. The lowest BCUT2D eigenvalue weighted by molar-refractivity contribution is 0.704. The van der Waals surface area contributed by atoms with E-state index in [1.54, 1.807) is 0 Å². The molecule has 0 amide bonds. The molecule has 0 bridgehead atoms. The zero-order valence-corrected chi connectivity index (χ0v) is 18.3. The van der Waals surface area contributed by atoms with Crippen molar-refractivity contribution >= 4 is 28.2 Å². The third kappa shape index (κ3) is 3.18. The van der Waals surface area contributed by atoms with Gasteiger partial charge in [0.2, 0.25) is 0 Å². The first kappa shape index (κ1) is 19.4. The Morgan fingerprint density at radius 3 is 1.61 bits per heavy atom. The number of anilines is 3. The smallest absolute Gasteiger partial charge is 0.0537 e. The third-order valence-electron chi connectivity index (χ3n) is 6.45. The maximum absolute atomic E-state index is 2.37. The first-order valence-corrected chi connectivity index (χ1v) is 10.9. The van der Waals surface area contributed by atoms with E-state index in [1.807, 2.05) is 0 Å². The first-order valence-electron chi connectivity index (χ1n) is 10.9. The number of nitrogens with zero attached hydrogens (tertiary/aromatic N) is 1. The molecule has 5 rings (SSSR count). The lowest BCUT2D eigenvalue weighted by Crippen LogP contribution is -2.19. The largest absolute Gasteiger partial charge is 0.310 e. The van der Waals surface area contributed by atoms with Gasteiger partial charge in [-0.2, -0.15) is 0 Å². The van der Waals surface area contributed by atoms with Crippen LogP contribution in [0.25, 0.3) is 11.1 Å². The average Bonchev–Trinajstić information content (AvgIpc) is 3.01. The van der Waals surface area contributed by atoms with Crippen LogP contribution in [0, 0.1) is 0 Å². The normalized spacial score (nSPS) is 14.4. The van der Waals surface area contributed by atoms with Gasteiger partial charge >= 0.3 is 0 Å². The van der Waals surface area contributed by atoms with E-state index in [2.05, 4.69) is 135 Å². The molecule has 0 heterocycles. The van der Waals surface area contributed by atoms with Crippen molar-refractivity contribution in [1.82, 2.24) is 0 Å². The van der Waals surface area contributed by atoms with Crippen LogP contribution in [0.1, 0.15) is 37.5 Å². The van der Waals surface area contributed by atoms with Gasteiger partial charge in [0.05, 0.1) is 5.69 Å². The molecule has 0 aromatic heterocycles. The topological polar surface area (TPSA) is 3.24 Å². The van der Waals surface area contributed by atoms with Crippen LogP contribution in [0.2, 0.25) is 0 Å². The molecule has 4 aromatic rings. The van der Waals surface area contributed by atoms with Crippen LogP contribution in [0.15, 0.2) is 109 Å². The molecule has 0 fully saturated rings. The van der Waals surface area contributed by atoms with Crippen molar-refractivity contribution in [1.29, 1.82) is 0 Å². The van der Waals surface area contributed by atoms with Gasteiger partial charge in [-0.3, -0.25) is 0 Å². The third-order valence-corrected chi connectivity index (χ3v) is 6.45. The summed E-state index contributed by atoms with van der Waals surface area (Å²) in [4.78, 5) is 2.37. The van der Waals surface area contributed by atoms with E-state index >= 15 is 0 Å². The molecule has 152 valence electrons. The molecule has 0 aliphatic heterocycles. The van der Waals surface area contributed by atoms with E-state index in [9.17, 15) is 0 Å². The Kier molecular flexibility index (Phi) is 4.75. The summed E-state index contributed by atoms with van der Waals surface area (Å²) in [5.74, 6) is 0. The Balaban J connectivity index is 1.76. The molecule has 0 atom stereocenters. The second-order valence-electron chi connectivity index (χ2n) is 8.69. The van der Waals surface area contributed by atoms with Crippen LogP contribution >= 0.6 is 0 Å². The summed E-state index contributed by atoms with van der Waals surface area (Å²) in [6.07, 6.45) is 0. The van der Waals surface area contributed by atoms with Crippen molar-refractivity contribution in [2.45, 2.75) is 26.2 Å². The summed E-state index contributed by atoms with van der Waals surface area (Å²) in [7, 11) is 0. The zero-order chi connectivity index (χ0) is 21.4. The molecule has 0 spiro atoms. The molecule has 0 unspecified atom stereocenters. The highest BCUT2D eigenvalue weighted by Gasteiger charge is 2.38. The van der Waals surface area contributed by atoms with Gasteiger partial charge in [-0.15, -0.1) is 0 Å². The number of hydrogen-bond donors (Lipinski definition) is 0. The monoisotopic (exact) mass is 401 g/mol. The molecular formula is C30H27N. The molecule has 0 N–H and O–H groups in total. The van der Waals surface area contributed by atoms with Gasteiger partial charge in [-0.25, -0.2) is 0 Å². The number of rotatable bonds is 4. The second kappa shape index (κ2) is 7.59. The minimum absolute atomic E-state index is 0.0597. The van der Waals surface area contributed by atoms with Crippen molar-refractivity contribution < 1.29 is 0 Å². The minimum Gasteiger partial charge on any atom is -0.310 e. The van der Waals surface area contributed by atoms with Crippen LogP contribution in [0.3, 0.4) is 0 Å². The van der Waals surface area contributed by atoms with E-state index < -0.39 is 0 Å². The number of hydrogen-bond acceptors (Lipinski definition) is 1. The fourth-order valence-corrected chi connectivity index (χ4v) is 5.09. The predicted octanol–water partition coefficient (Wildman–Crippen LogP) is 8.38. The molecule has 0 saturated heterocycles. The lowest BCUT2D eigenvalue weighted by Gasteiger charge is -2.32. The van der Waals surface area contributed by atoms with Crippen molar-refractivity contribution in [3.8, 4) is 0 Å². The van der Waals surface area contributed by atoms with Crippen molar-refractivity contribution in [3.63, 3.8) is 0 Å². The summed E-state index contributed by atoms with van der Waals surface area (Å²) in [6.45, 7) is 6.97. The van der Waals surface area contributed by atoms with Gasteiger partial charge in [0.1, 0.15) is 0 Å². The Labute approximate surface area is 185 Å². The number of fused-ring (bicyclic) bond motifs is 1. The summed E-state index contributed by atoms with van der Waals surface area (Å²) in [6, 6.07) is 38.9. The highest BCUT2D eigenvalue weighted by atomic mass is 15.1. The van der Waals surface area contributed by atoms with Crippen LogP contribution < -0.4 is 4.90 Å². The molecular weight excluding hydrogens is 374 g/mol. The van der Waals surface area contributed by atoms with Crippen molar-refractivity contribution in [3.05, 3.63) is 126 Å².